The lowest BCUT2D eigenvalue weighted by Gasteiger charge is -2.16. The minimum Gasteiger partial charge on any atom is -0.270 e. The van der Waals surface area contributed by atoms with E-state index in [0.29, 0.717) is 5.92 Å². The second-order valence-electron chi connectivity index (χ2n) is 6.75. The van der Waals surface area contributed by atoms with Gasteiger partial charge in [-0.3, -0.25) is 14.5 Å². The molecule has 0 N–H and O–H groups in total. The molecule has 28 heavy (non-hydrogen) atoms. The molecular formula is C22H21N5S. The van der Waals surface area contributed by atoms with E-state index in [-0.39, 0.29) is 0 Å². The van der Waals surface area contributed by atoms with E-state index in [9.17, 15) is 0 Å². The maximum atomic E-state index is 4.51. The van der Waals surface area contributed by atoms with Gasteiger partial charge in [0, 0.05) is 36.1 Å². The standard InChI is InChI=1S/C22H21N5S/c1-16(2)19-9-3-4-10-20(19)27-21(18-8-6-12-24-14-18)25-26-22(27)28-15-17-7-5-11-23-13-17/h3-14,16H,15H2,1-2H3. The van der Waals surface area contributed by atoms with Crippen molar-refractivity contribution in [1.82, 2.24) is 24.7 Å². The zero-order valence-electron chi connectivity index (χ0n) is 15.9. The molecule has 0 aliphatic rings. The Labute approximate surface area is 168 Å². The van der Waals surface area contributed by atoms with Crippen LogP contribution in [0.5, 0.6) is 0 Å². The van der Waals surface area contributed by atoms with Gasteiger partial charge in [-0.1, -0.05) is 49.9 Å². The summed E-state index contributed by atoms with van der Waals surface area (Å²) in [5.74, 6) is 1.97. The summed E-state index contributed by atoms with van der Waals surface area (Å²) in [6, 6.07) is 16.4. The van der Waals surface area contributed by atoms with E-state index in [1.54, 1.807) is 24.2 Å². The van der Waals surface area contributed by atoms with E-state index in [1.165, 1.54) is 5.56 Å². The molecule has 0 saturated heterocycles. The van der Waals surface area contributed by atoms with Crippen LogP contribution < -0.4 is 0 Å². The summed E-state index contributed by atoms with van der Waals surface area (Å²) < 4.78 is 2.15. The molecule has 0 amide bonds. The topological polar surface area (TPSA) is 56.5 Å². The van der Waals surface area contributed by atoms with Crippen molar-refractivity contribution < 1.29 is 0 Å². The fraction of sp³-hybridized carbons (Fsp3) is 0.182. The number of hydrogen-bond acceptors (Lipinski definition) is 5. The number of pyridine rings is 2. The molecule has 0 atom stereocenters. The minimum absolute atomic E-state index is 0.386. The number of nitrogens with zero attached hydrogens (tertiary/aromatic N) is 5. The van der Waals surface area contributed by atoms with Crippen LogP contribution in [0.15, 0.2) is 78.5 Å². The third kappa shape index (κ3) is 3.82. The van der Waals surface area contributed by atoms with Crippen LogP contribution in [-0.2, 0) is 5.75 Å². The Morgan fingerprint density at radius 1 is 0.893 bits per heavy atom. The average molecular weight is 388 g/mol. The van der Waals surface area contributed by atoms with Crippen molar-refractivity contribution >= 4 is 11.8 Å². The zero-order valence-corrected chi connectivity index (χ0v) is 16.7. The average Bonchev–Trinajstić information content (AvgIpc) is 3.17. The Morgan fingerprint density at radius 2 is 1.68 bits per heavy atom. The van der Waals surface area contributed by atoms with Crippen LogP contribution in [0.2, 0.25) is 0 Å². The summed E-state index contributed by atoms with van der Waals surface area (Å²) in [6.45, 7) is 4.41. The number of thioether (sulfide) groups is 1. The third-order valence-electron chi connectivity index (χ3n) is 4.44. The summed E-state index contributed by atoms with van der Waals surface area (Å²) in [4.78, 5) is 8.46. The highest BCUT2D eigenvalue weighted by Crippen LogP contribution is 2.32. The number of rotatable bonds is 6. The summed E-state index contributed by atoms with van der Waals surface area (Å²) in [6.07, 6.45) is 7.27. The molecule has 0 saturated carbocycles. The summed E-state index contributed by atoms with van der Waals surface area (Å²) in [7, 11) is 0. The van der Waals surface area contributed by atoms with Crippen molar-refractivity contribution in [1.29, 1.82) is 0 Å². The van der Waals surface area contributed by atoms with Crippen molar-refractivity contribution in [3.8, 4) is 17.1 Å². The van der Waals surface area contributed by atoms with Crippen LogP contribution in [0, 0.1) is 0 Å². The lowest BCUT2D eigenvalue weighted by atomic mass is 10.0. The van der Waals surface area contributed by atoms with E-state index >= 15 is 0 Å². The van der Waals surface area contributed by atoms with E-state index in [0.717, 1.165) is 33.5 Å². The minimum atomic E-state index is 0.386. The molecule has 3 aromatic heterocycles. The first kappa shape index (κ1) is 18.4. The fourth-order valence-electron chi connectivity index (χ4n) is 3.07. The van der Waals surface area contributed by atoms with Crippen molar-refractivity contribution in [2.24, 2.45) is 0 Å². The second-order valence-corrected chi connectivity index (χ2v) is 7.69. The first-order chi connectivity index (χ1) is 13.7. The highest BCUT2D eigenvalue weighted by atomic mass is 32.2. The lowest BCUT2D eigenvalue weighted by molar-refractivity contribution is 0.818. The van der Waals surface area contributed by atoms with Gasteiger partial charge in [-0.15, -0.1) is 10.2 Å². The molecule has 1 aromatic carbocycles. The fourth-order valence-corrected chi connectivity index (χ4v) is 3.95. The van der Waals surface area contributed by atoms with Crippen LogP contribution in [0.25, 0.3) is 17.1 Å². The van der Waals surface area contributed by atoms with Gasteiger partial charge in [-0.25, -0.2) is 0 Å². The number of benzene rings is 1. The maximum Gasteiger partial charge on any atom is 0.196 e. The Morgan fingerprint density at radius 3 is 2.39 bits per heavy atom. The molecule has 0 unspecified atom stereocenters. The van der Waals surface area contributed by atoms with E-state index in [2.05, 4.69) is 68.9 Å². The number of hydrogen-bond donors (Lipinski definition) is 0. The first-order valence-corrected chi connectivity index (χ1v) is 10.2. The highest BCUT2D eigenvalue weighted by Gasteiger charge is 2.19. The largest absolute Gasteiger partial charge is 0.270 e. The molecule has 0 aliphatic carbocycles. The van der Waals surface area contributed by atoms with Crippen LogP contribution in [0.1, 0.15) is 30.9 Å². The van der Waals surface area contributed by atoms with E-state index in [4.69, 9.17) is 0 Å². The molecule has 140 valence electrons. The van der Waals surface area contributed by atoms with Crippen molar-refractivity contribution in [2.45, 2.75) is 30.7 Å². The molecule has 4 aromatic rings. The van der Waals surface area contributed by atoms with Gasteiger partial charge in [-0.05, 0) is 41.3 Å². The van der Waals surface area contributed by atoms with Gasteiger partial charge < -0.3 is 0 Å². The van der Waals surface area contributed by atoms with Gasteiger partial charge in [-0.2, -0.15) is 0 Å². The third-order valence-corrected chi connectivity index (χ3v) is 5.44. The van der Waals surface area contributed by atoms with E-state index in [1.807, 2.05) is 30.6 Å². The molecule has 0 spiro atoms. The number of para-hydroxylation sites is 1. The SMILES string of the molecule is CC(C)c1ccccc1-n1c(SCc2cccnc2)nnc1-c1cccnc1. The lowest BCUT2D eigenvalue weighted by Crippen LogP contribution is -2.05. The zero-order chi connectivity index (χ0) is 19.3. The Bertz CT molecular complexity index is 1040. The second kappa shape index (κ2) is 8.35. The summed E-state index contributed by atoms with van der Waals surface area (Å²) in [5.41, 5.74) is 4.47. The predicted molar refractivity (Wildman–Crippen MR) is 112 cm³/mol. The molecule has 0 aliphatic heterocycles. The van der Waals surface area contributed by atoms with Gasteiger partial charge in [0.1, 0.15) is 0 Å². The molecule has 3 heterocycles. The van der Waals surface area contributed by atoms with Gasteiger partial charge >= 0.3 is 0 Å². The Balaban J connectivity index is 1.81. The first-order valence-electron chi connectivity index (χ1n) is 9.21. The van der Waals surface area contributed by atoms with Crippen molar-refractivity contribution in [3.63, 3.8) is 0 Å². The van der Waals surface area contributed by atoms with Crippen molar-refractivity contribution in [3.05, 3.63) is 84.4 Å². The quantitative estimate of drug-likeness (QED) is 0.429. The maximum absolute atomic E-state index is 4.51. The molecule has 4 rings (SSSR count). The molecular weight excluding hydrogens is 366 g/mol. The van der Waals surface area contributed by atoms with Gasteiger partial charge in [0.2, 0.25) is 0 Å². The summed E-state index contributed by atoms with van der Waals surface area (Å²) in [5, 5.41) is 9.88. The predicted octanol–water partition coefficient (Wildman–Crippen LogP) is 5.14. The van der Waals surface area contributed by atoms with Crippen LogP contribution in [-0.4, -0.2) is 24.7 Å². The monoisotopic (exact) mass is 387 g/mol. The van der Waals surface area contributed by atoms with E-state index < -0.39 is 0 Å². The molecule has 0 bridgehead atoms. The molecule has 5 nitrogen and oxygen atoms in total. The van der Waals surface area contributed by atoms with Crippen LogP contribution >= 0.6 is 11.8 Å². The van der Waals surface area contributed by atoms with Crippen molar-refractivity contribution in [2.75, 3.05) is 0 Å². The highest BCUT2D eigenvalue weighted by molar-refractivity contribution is 7.98. The Kier molecular flexibility index (Phi) is 5.48. The van der Waals surface area contributed by atoms with Gasteiger partial charge in [0.05, 0.1) is 5.69 Å². The molecule has 0 radical (unpaired) electrons. The van der Waals surface area contributed by atoms with Gasteiger partial charge in [0.25, 0.3) is 0 Å². The summed E-state index contributed by atoms with van der Waals surface area (Å²) >= 11 is 1.66. The molecule has 0 fully saturated rings. The van der Waals surface area contributed by atoms with Crippen LogP contribution in [0.3, 0.4) is 0 Å². The van der Waals surface area contributed by atoms with Gasteiger partial charge in [0.15, 0.2) is 11.0 Å². The Hall–Kier alpha value is -2.99. The number of aromatic nitrogens is 5. The normalized spacial score (nSPS) is 11.1. The van der Waals surface area contributed by atoms with Crippen LogP contribution in [0.4, 0.5) is 0 Å². The smallest absolute Gasteiger partial charge is 0.196 e. The molecule has 6 heteroatoms.